The van der Waals surface area contributed by atoms with Gasteiger partial charge in [0.15, 0.2) is 0 Å². The van der Waals surface area contributed by atoms with Crippen molar-refractivity contribution in [2.75, 3.05) is 0 Å². The van der Waals surface area contributed by atoms with Gasteiger partial charge >= 0.3 is 0 Å². The third-order valence-corrected chi connectivity index (χ3v) is 3.41. The molecule has 108 valence electrons. The number of rotatable bonds is 5. The topological polar surface area (TPSA) is 60.0 Å². The van der Waals surface area contributed by atoms with Crippen LogP contribution in [0.5, 0.6) is 0 Å². The van der Waals surface area contributed by atoms with Gasteiger partial charge in [-0.15, -0.1) is 0 Å². The van der Waals surface area contributed by atoms with Gasteiger partial charge in [-0.1, -0.05) is 17.7 Å². The Kier molecular flexibility index (Phi) is 4.68. The van der Waals surface area contributed by atoms with Crippen LogP contribution in [0.1, 0.15) is 25.8 Å². The van der Waals surface area contributed by atoms with Gasteiger partial charge in [-0.2, -0.15) is 0 Å². The van der Waals surface area contributed by atoms with Crippen LogP contribution >= 0.6 is 11.6 Å². The summed E-state index contributed by atoms with van der Waals surface area (Å²) in [5.74, 6) is 0.0539. The van der Waals surface area contributed by atoms with E-state index in [1.165, 1.54) is 0 Å². The third-order valence-electron chi connectivity index (χ3n) is 3.18. The normalized spacial score (nSPS) is 11.2. The molecule has 0 radical (unpaired) electrons. The molecule has 2 aromatic rings. The van der Waals surface area contributed by atoms with E-state index >= 15 is 0 Å². The van der Waals surface area contributed by atoms with E-state index in [4.69, 9.17) is 17.3 Å². The van der Waals surface area contributed by atoms with Crippen LogP contribution in [0.2, 0.25) is 5.02 Å². The Morgan fingerprint density at radius 1 is 1.45 bits per heavy atom. The van der Waals surface area contributed by atoms with Gasteiger partial charge in [0.2, 0.25) is 5.91 Å². The van der Waals surface area contributed by atoms with Crippen LogP contribution < -0.4 is 11.1 Å². The van der Waals surface area contributed by atoms with Gasteiger partial charge in [0.05, 0.1) is 0 Å². The largest absolute Gasteiger partial charge is 0.354 e. The molecule has 1 heterocycles. The molecular weight excluding hydrogens is 274 g/mol. The van der Waals surface area contributed by atoms with E-state index in [0.29, 0.717) is 24.5 Å². The SMILES string of the molecule is CC(C)NC(=O)CCn1cc(CN)c2ccc(Cl)cc21. The molecule has 0 spiro atoms. The first-order chi connectivity index (χ1) is 9.51. The predicted molar refractivity (Wildman–Crippen MR) is 82.7 cm³/mol. The first kappa shape index (κ1) is 14.9. The van der Waals surface area contributed by atoms with Crippen molar-refractivity contribution in [3.05, 3.63) is 35.0 Å². The van der Waals surface area contributed by atoms with Crippen LogP contribution in [0.25, 0.3) is 10.9 Å². The van der Waals surface area contributed by atoms with E-state index in [1.54, 1.807) is 0 Å². The molecule has 20 heavy (non-hydrogen) atoms. The molecule has 0 aliphatic heterocycles. The Labute approximate surface area is 123 Å². The fraction of sp³-hybridized carbons (Fsp3) is 0.400. The number of aromatic nitrogens is 1. The number of carbonyl (C=O) groups is 1. The van der Waals surface area contributed by atoms with Crippen LogP contribution in [-0.2, 0) is 17.9 Å². The molecule has 1 aromatic heterocycles. The first-order valence-corrected chi connectivity index (χ1v) is 7.15. The van der Waals surface area contributed by atoms with Crippen molar-refractivity contribution in [3.63, 3.8) is 0 Å². The summed E-state index contributed by atoms with van der Waals surface area (Å²) in [6.07, 6.45) is 2.45. The van der Waals surface area contributed by atoms with E-state index in [-0.39, 0.29) is 11.9 Å². The summed E-state index contributed by atoms with van der Waals surface area (Å²) in [5, 5.41) is 4.68. The number of aryl methyl sites for hydroxylation is 1. The predicted octanol–water partition coefficient (Wildman–Crippen LogP) is 2.67. The zero-order valence-corrected chi connectivity index (χ0v) is 12.6. The quantitative estimate of drug-likeness (QED) is 0.890. The van der Waals surface area contributed by atoms with Crippen LogP contribution in [0, 0.1) is 0 Å². The lowest BCUT2D eigenvalue weighted by molar-refractivity contribution is -0.121. The highest BCUT2D eigenvalue weighted by Crippen LogP contribution is 2.24. The van der Waals surface area contributed by atoms with Crippen molar-refractivity contribution < 1.29 is 4.79 Å². The molecule has 1 amide bonds. The zero-order chi connectivity index (χ0) is 14.7. The molecule has 0 aliphatic rings. The van der Waals surface area contributed by atoms with Gasteiger partial charge in [0.1, 0.15) is 0 Å². The molecule has 0 fully saturated rings. The monoisotopic (exact) mass is 293 g/mol. The molecule has 1 aromatic carbocycles. The Balaban J connectivity index is 2.21. The van der Waals surface area contributed by atoms with Crippen molar-refractivity contribution in [3.8, 4) is 0 Å². The average Bonchev–Trinajstić information content (AvgIpc) is 2.73. The van der Waals surface area contributed by atoms with Crippen LogP contribution in [0.15, 0.2) is 24.4 Å². The lowest BCUT2D eigenvalue weighted by Crippen LogP contribution is -2.30. The van der Waals surface area contributed by atoms with Gasteiger partial charge in [-0.3, -0.25) is 4.79 Å². The van der Waals surface area contributed by atoms with E-state index in [2.05, 4.69) is 5.32 Å². The number of amides is 1. The zero-order valence-electron chi connectivity index (χ0n) is 11.8. The summed E-state index contributed by atoms with van der Waals surface area (Å²) >= 11 is 6.05. The maximum absolute atomic E-state index is 11.7. The molecule has 3 N–H and O–H groups in total. The molecule has 0 atom stereocenters. The van der Waals surface area contributed by atoms with E-state index in [9.17, 15) is 4.79 Å². The Morgan fingerprint density at radius 3 is 2.85 bits per heavy atom. The average molecular weight is 294 g/mol. The highest BCUT2D eigenvalue weighted by molar-refractivity contribution is 6.31. The second-order valence-electron chi connectivity index (χ2n) is 5.19. The van der Waals surface area contributed by atoms with Crippen LogP contribution in [0.4, 0.5) is 0 Å². The van der Waals surface area contributed by atoms with E-state index < -0.39 is 0 Å². The second-order valence-corrected chi connectivity index (χ2v) is 5.62. The molecule has 5 heteroatoms. The molecular formula is C15H20ClN3O. The number of halogens is 1. The van der Waals surface area contributed by atoms with Crippen LogP contribution in [-0.4, -0.2) is 16.5 Å². The molecule has 0 bridgehead atoms. The lowest BCUT2D eigenvalue weighted by Gasteiger charge is -2.09. The molecule has 2 rings (SSSR count). The number of fused-ring (bicyclic) bond motifs is 1. The fourth-order valence-electron chi connectivity index (χ4n) is 2.30. The Bertz CT molecular complexity index is 619. The van der Waals surface area contributed by atoms with E-state index in [0.717, 1.165) is 16.5 Å². The van der Waals surface area contributed by atoms with Gasteiger partial charge in [-0.05, 0) is 31.5 Å². The van der Waals surface area contributed by atoms with Crippen molar-refractivity contribution in [2.45, 2.75) is 39.4 Å². The number of carbonyl (C=O) groups excluding carboxylic acids is 1. The summed E-state index contributed by atoms with van der Waals surface area (Å²) in [5.41, 5.74) is 7.86. The number of nitrogens with zero attached hydrogens (tertiary/aromatic N) is 1. The molecule has 0 saturated carbocycles. The summed E-state index contributed by atoms with van der Waals surface area (Å²) < 4.78 is 2.04. The summed E-state index contributed by atoms with van der Waals surface area (Å²) in [7, 11) is 0. The van der Waals surface area contributed by atoms with Gasteiger partial charge < -0.3 is 15.6 Å². The minimum Gasteiger partial charge on any atom is -0.354 e. The number of hydrogen-bond donors (Lipinski definition) is 2. The molecule has 4 nitrogen and oxygen atoms in total. The smallest absolute Gasteiger partial charge is 0.221 e. The minimum atomic E-state index is 0.0539. The van der Waals surface area contributed by atoms with Crippen molar-refractivity contribution in [1.82, 2.24) is 9.88 Å². The molecule has 0 unspecified atom stereocenters. The minimum absolute atomic E-state index is 0.0539. The molecule has 0 saturated heterocycles. The second kappa shape index (κ2) is 6.29. The highest BCUT2D eigenvalue weighted by Gasteiger charge is 2.10. The Morgan fingerprint density at radius 2 is 2.20 bits per heavy atom. The number of nitrogens with one attached hydrogen (secondary N) is 1. The highest BCUT2D eigenvalue weighted by atomic mass is 35.5. The lowest BCUT2D eigenvalue weighted by atomic mass is 10.2. The number of hydrogen-bond acceptors (Lipinski definition) is 2. The third kappa shape index (κ3) is 3.32. The molecule has 0 aliphatic carbocycles. The summed E-state index contributed by atoms with van der Waals surface area (Å²) in [6.45, 7) is 5.00. The van der Waals surface area contributed by atoms with Gasteiger partial charge in [0, 0.05) is 47.7 Å². The van der Waals surface area contributed by atoms with Crippen molar-refractivity contribution in [2.24, 2.45) is 5.73 Å². The van der Waals surface area contributed by atoms with Crippen LogP contribution in [0.3, 0.4) is 0 Å². The fourth-order valence-corrected chi connectivity index (χ4v) is 2.47. The summed E-state index contributed by atoms with van der Waals surface area (Å²) in [4.78, 5) is 11.7. The number of benzene rings is 1. The Hall–Kier alpha value is -1.52. The van der Waals surface area contributed by atoms with E-state index in [1.807, 2.05) is 42.8 Å². The maximum atomic E-state index is 11.7. The standard InChI is InChI=1S/C15H20ClN3O/c1-10(2)18-15(20)5-6-19-9-11(8-17)13-4-3-12(16)7-14(13)19/h3-4,7,9-10H,5-6,8,17H2,1-2H3,(H,18,20). The van der Waals surface area contributed by atoms with Gasteiger partial charge in [0.25, 0.3) is 0 Å². The van der Waals surface area contributed by atoms with Gasteiger partial charge in [-0.25, -0.2) is 0 Å². The van der Waals surface area contributed by atoms with Crippen molar-refractivity contribution >= 4 is 28.4 Å². The number of nitrogens with two attached hydrogens (primary N) is 1. The van der Waals surface area contributed by atoms with Crippen molar-refractivity contribution in [1.29, 1.82) is 0 Å². The maximum Gasteiger partial charge on any atom is 0.221 e. The first-order valence-electron chi connectivity index (χ1n) is 6.78. The summed E-state index contributed by atoms with van der Waals surface area (Å²) in [6, 6.07) is 5.91.